The van der Waals surface area contributed by atoms with Gasteiger partial charge in [-0.25, -0.2) is 9.97 Å². The molecule has 0 aliphatic heterocycles. The Bertz CT molecular complexity index is 1050. The van der Waals surface area contributed by atoms with Gasteiger partial charge in [-0.1, -0.05) is 43.3 Å². The second kappa shape index (κ2) is 8.60. The number of amides is 1. The Morgan fingerprint density at radius 2 is 1.93 bits per heavy atom. The molecule has 0 saturated carbocycles. The molecule has 28 heavy (non-hydrogen) atoms. The molecule has 4 aromatic rings. The molecule has 0 bridgehead atoms. The summed E-state index contributed by atoms with van der Waals surface area (Å²) in [5.41, 5.74) is 4.15. The Morgan fingerprint density at radius 3 is 2.71 bits per heavy atom. The van der Waals surface area contributed by atoms with Crippen LogP contribution in [0.1, 0.15) is 17.5 Å². The van der Waals surface area contributed by atoms with E-state index in [1.807, 2.05) is 29.6 Å². The summed E-state index contributed by atoms with van der Waals surface area (Å²) in [5, 5.41) is 6.17. The summed E-state index contributed by atoms with van der Waals surface area (Å²) in [7, 11) is 0. The van der Waals surface area contributed by atoms with E-state index in [0.717, 1.165) is 32.9 Å². The third-order valence-electron chi connectivity index (χ3n) is 4.21. The summed E-state index contributed by atoms with van der Waals surface area (Å²) in [6, 6.07) is 16.3. The number of carbonyl (C=O) groups excluding carboxylic acids is 1. The van der Waals surface area contributed by atoms with Crippen LogP contribution in [-0.4, -0.2) is 22.5 Å². The fraction of sp³-hybridized carbons (Fsp3) is 0.190. The highest BCUT2D eigenvalue weighted by Crippen LogP contribution is 2.25. The second-order valence-corrected chi connectivity index (χ2v) is 8.18. The lowest BCUT2D eigenvalue weighted by Gasteiger charge is -2.02. The van der Waals surface area contributed by atoms with E-state index in [1.165, 1.54) is 16.9 Å². The Balaban J connectivity index is 1.29. The lowest BCUT2D eigenvalue weighted by Crippen LogP contribution is -2.18. The first-order valence-electron chi connectivity index (χ1n) is 8.98. The largest absolute Gasteiger partial charge is 0.364 e. The van der Waals surface area contributed by atoms with Crippen LogP contribution >= 0.6 is 22.7 Å². The van der Waals surface area contributed by atoms with Crippen molar-refractivity contribution in [2.75, 3.05) is 11.9 Å². The van der Waals surface area contributed by atoms with Gasteiger partial charge < -0.3 is 4.74 Å². The smallest absolute Gasteiger partial charge is 0.252 e. The number of aryl methyl sites for hydroxylation is 1. The van der Waals surface area contributed by atoms with Crippen molar-refractivity contribution < 1.29 is 9.53 Å². The lowest BCUT2D eigenvalue weighted by atomic mass is 10.1. The number of nitrogens with zero attached hydrogens (tertiary/aromatic N) is 2. The Morgan fingerprint density at radius 1 is 1.11 bits per heavy atom. The normalized spacial score (nSPS) is 11.0. The van der Waals surface area contributed by atoms with Gasteiger partial charge in [0.15, 0.2) is 5.13 Å². The monoisotopic (exact) mass is 409 g/mol. The van der Waals surface area contributed by atoms with Gasteiger partial charge in [0, 0.05) is 10.9 Å². The minimum absolute atomic E-state index is 0.0317. The van der Waals surface area contributed by atoms with E-state index in [2.05, 4.69) is 46.5 Å². The summed E-state index contributed by atoms with van der Waals surface area (Å²) in [6.07, 6.45) is 1.01. The molecular weight excluding hydrogens is 390 g/mol. The number of aromatic nitrogens is 2. The van der Waals surface area contributed by atoms with Gasteiger partial charge in [0.2, 0.25) is 0 Å². The standard InChI is InChI=1S/C21H19N3O2S2/c1-2-14-7-9-15(10-8-14)17-13-27-21(23-17)24-19(25)11-26-12-20-22-16-5-3-4-6-18(16)28-20/h3-10,13H,2,11-12H2,1H3,(H,23,24,25). The maximum atomic E-state index is 12.1. The van der Waals surface area contributed by atoms with Crippen molar-refractivity contribution >= 4 is 43.9 Å². The molecule has 5 nitrogen and oxygen atoms in total. The average Bonchev–Trinajstić information content (AvgIpc) is 3.34. The zero-order chi connectivity index (χ0) is 19.3. The van der Waals surface area contributed by atoms with Gasteiger partial charge in [0.05, 0.1) is 22.5 Å². The van der Waals surface area contributed by atoms with E-state index in [9.17, 15) is 4.79 Å². The summed E-state index contributed by atoms with van der Waals surface area (Å²) in [5.74, 6) is -0.219. The molecule has 0 saturated heterocycles. The summed E-state index contributed by atoms with van der Waals surface area (Å²) < 4.78 is 6.63. The molecule has 0 unspecified atom stereocenters. The lowest BCUT2D eigenvalue weighted by molar-refractivity contribution is -0.121. The summed E-state index contributed by atoms with van der Waals surface area (Å²) >= 11 is 2.98. The van der Waals surface area contributed by atoms with Gasteiger partial charge in [0.25, 0.3) is 5.91 Å². The molecule has 0 atom stereocenters. The molecule has 2 heterocycles. The van der Waals surface area contributed by atoms with E-state index < -0.39 is 0 Å². The van der Waals surface area contributed by atoms with Crippen LogP contribution in [0.15, 0.2) is 53.9 Å². The minimum atomic E-state index is -0.219. The second-order valence-electron chi connectivity index (χ2n) is 6.20. The predicted octanol–water partition coefficient (Wildman–Crippen LogP) is 5.14. The van der Waals surface area contributed by atoms with Crippen molar-refractivity contribution in [3.05, 3.63) is 64.5 Å². The Labute approximate surface area is 171 Å². The van der Waals surface area contributed by atoms with Crippen molar-refractivity contribution in [1.82, 2.24) is 9.97 Å². The predicted molar refractivity (Wildman–Crippen MR) is 115 cm³/mol. The third kappa shape index (κ3) is 4.44. The minimum Gasteiger partial charge on any atom is -0.364 e. The van der Waals surface area contributed by atoms with Gasteiger partial charge >= 0.3 is 0 Å². The zero-order valence-electron chi connectivity index (χ0n) is 15.3. The number of hydrogen-bond acceptors (Lipinski definition) is 6. The highest BCUT2D eigenvalue weighted by Gasteiger charge is 2.09. The first kappa shape index (κ1) is 18.7. The van der Waals surface area contributed by atoms with Gasteiger partial charge in [-0.2, -0.15) is 0 Å². The molecule has 7 heteroatoms. The van der Waals surface area contributed by atoms with Crippen molar-refractivity contribution in [3.8, 4) is 11.3 Å². The third-order valence-corrected chi connectivity index (χ3v) is 5.97. The van der Waals surface area contributed by atoms with Crippen LogP contribution in [0.3, 0.4) is 0 Å². The fourth-order valence-electron chi connectivity index (χ4n) is 2.74. The molecule has 1 N–H and O–H groups in total. The number of thiazole rings is 2. The van der Waals surface area contributed by atoms with Crippen molar-refractivity contribution in [2.45, 2.75) is 20.0 Å². The van der Waals surface area contributed by atoms with Crippen molar-refractivity contribution in [3.63, 3.8) is 0 Å². The maximum Gasteiger partial charge on any atom is 0.252 e. The van der Waals surface area contributed by atoms with Crippen molar-refractivity contribution in [1.29, 1.82) is 0 Å². The molecule has 0 radical (unpaired) electrons. The number of hydrogen-bond donors (Lipinski definition) is 1. The number of anilines is 1. The van der Waals surface area contributed by atoms with E-state index in [-0.39, 0.29) is 12.5 Å². The number of ether oxygens (including phenoxy) is 1. The molecule has 142 valence electrons. The average molecular weight is 410 g/mol. The Kier molecular flexibility index (Phi) is 5.76. The molecule has 4 rings (SSSR count). The first-order valence-corrected chi connectivity index (χ1v) is 10.7. The molecule has 0 fully saturated rings. The van der Waals surface area contributed by atoms with Crippen LogP contribution < -0.4 is 5.32 Å². The van der Waals surface area contributed by atoms with Crippen LogP contribution in [0.4, 0.5) is 5.13 Å². The number of nitrogens with one attached hydrogen (secondary N) is 1. The van der Waals surface area contributed by atoms with Crippen LogP contribution in [0.2, 0.25) is 0 Å². The van der Waals surface area contributed by atoms with E-state index in [4.69, 9.17) is 4.74 Å². The van der Waals surface area contributed by atoms with Crippen LogP contribution in [0.5, 0.6) is 0 Å². The van der Waals surface area contributed by atoms with E-state index in [0.29, 0.717) is 11.7 Å². The molecule has 2 aromatic carbocycles. The fourth-order valence-corrected chi connectivity index (χ4v) is 4.38. The first-order chi connectivity index (χ1) is 13.7. The highest BCUT2D eigenvalue weighted by molar-refractivity contribution is 7.18. The molecule has 0 spiro atoms. The van der Waals surface area contributed by atoms with Crippen LogP contribution in [0.25, 0.3) is 21.5 Å². The van der Waals surface area contributed by atoms with Gasteiger partial charge in [-0.3, -0.25) is 10.1 Å². The van der Waals surface area contributed by atoms with Crippen LogP contribution in [-0.2, 0) is 22.6 Å². The van der Waals surface area contributed by atoms with E-state index in [1.54, 1.807) is 11.3 Å². The molecule has 0 aliphatic rings. The number of carbonyl (C=O) groups is 1. The molecular formula is C21H19N3O2S2. The Hall–Kier alpha value is -2.61. The number of para-hydroxylation sites is 1. The molecule has 0 aliphatic carbocycles. The van der Waals surface area contributed by atoms with Gasteiger partial charge in [0.1, 0.15) is 11.6 Å². The quantitative estimate of drug-likeness (QED) is 0.459. The molecule has 1 amide bonds. The number of fused-ring (bicyclic) bond motifs is 1. The van der Waals surface area contributed by atoms with Crippen LogP contribution in [0, 0.1) is 0 Å². The SMILES string of the molecule is CCc1ccc(-c2csc(NC(=O)COCc3nc4ccccc4s3)n2)cc1. The topological polar surface area (TPSA) is 64.1 Å². The van der Waals surface area contributed by atoms with Crippen molar-refractivity contribution in [2.24, 2.45) is 0 Å². The maximum absolute atomic E-state index is 12.1. The summed E-state index contributed by atoms with van der Waals surface area (Å²) in [4.78, 5) is 21.1. The summed E-state index contributed by atoms with van der Waals surface area (Å²) in [6.45, 7) is 2.42. The number of benzene rings is 2. The highest BCUT2D eigenvalue weighted by atomic mass is 32.1. The number of rotatable bonds is 7. The zero-order valence-corrected chi connectivity index (χ0v) is 17.0. The van der Waals surface area contributed by atoms with Gasteiger partial charge in [-0.05, 0) is 24.1 Å². The van der Waals surface area contributed by atoms with E-state index >= 15 is 0 Å². The molecule has 2 aromatic heterocycles. The van der Waals surface area contributed by atoms with Gasteiger partial charge in [-0.15, -0.1) is 22.7 Å².